The van der Waals surface area contributed by atoms with Crippen molar-refractivity contribution < 1.29 is 18.4 Å². The Balaban J connectivity index is 1.83. The van der Waals surface area contributed by atoms with Gasteiger partial charge in [-0.25, -0.2) is 23.1 Å². The first-order chi connectivity index (χ1) is 21.4. The first-order valence-corrected chi connectivity index (χ1v) is 14.7. The molecular formula is C33H35F2N7O3. The second-order valence-electron chi connectivity index (χ2n) is 11.6. The minimum absolute atomic E-state index is 0.0334. The van der Waals surface area contributed by atoms with Crippen LogP contribution in [0.15, 0.2) is 54.0 Å². The molecule has 2 amide bonds. The van der Waals surface area contributed by atoms with Crippen molar-refractivity contribution in [1.29, 1.82) is 0 Å². The van der Waals surface area contributed by atoms with Gasteiger partial charge in [-0.15, -0.1) is 0 Å². The van der Waals surface area contributed by atoms with Crippen LogP contribution in [-0.2, 0) is 16.0 Å². The van der Waals surface area contributed by atoms with E-state index in [4.69, 9.17) is 0 Å². The summed E-state index contributed by atoms with van der Waals surface area (Å²) < 4.78 is 32.9. The highest BCUT2D eigenvalue weighted by atomic mass is 19.1. The Bertz CT molecular complexity index is 1890. The first-order valence-electron chi connectivity index (χ1n) is 14.7. The van der Waals surface area contributed by atoms with Gasteiger partial charge >= 0.3 is 5.69 Å². The van der Waals surface area contributed by atoms with E-state index in [2.05, 4.69) is 26.8 Å². The number of nitrogens with zero attached hydrogens (tertiary/aromatic N) is 6. The lowest BCUT2D eigenvalue weighted by Gasteiger charge is -2.40. The van der Waals surface area contributed by atoms with Gasteiger partial charge in [0.2, 0.25) is 11.8 Å². The van der Waals surface area contributed by atoms with Gasteiger partial charge in [-0.3, -0.25) is 14.6 Å². The fraction of sp³-hybridized carbons (Fsp3) is 0.333. The lowest BCUT2D eigenvalue weighted by Crippen LogP contribution is -2.54. The van der Waals surface area contributed by atoms with Crippen molar-refractivity contribution in [2.45, 2.75) is 47.1 Å². The summed E-state index contributed by atoms with van der Waals surface area (Å²) in [6, 6.07) is 6.67. The number of rotatable bonds is 7. The molecule has 12 heteroatoms. The van der Waals surface area contributed by atoms with E-state index in [0.717, 1.165) is 11.6 Å². The van der Waals surface area contributed by atoms with Gasteiger partial charge in [-0.05, 0) is 62.1 Å². The zero-order valence-electron chi connectivity index (χ0n) is 25.9. The summed E-state index contributed by atoms with van der Waals surface area (Å²) in [4.78, 5) is 55.5. The molecule has 1 atom stereocenters. The molecule has 5 rings (SSSR count). The summed E-state index contributed by atoms with van der Waals surface area (Å²) in [6.07, 6.45) is 3.45. The van der Waals surface area contributed by atoms with Crippen LogP contribution in [0.3, 0.4) is 0 Å². The van der Waals surface area contributed by atoms with Crippen molar-refractivity contribution in [3.05, 3.63) is 82.6 Å². The first kappa shape index (κ1) is 31.4. The van der Waals surface area contributed by atoms with Gasteiger partial charge in [0.1, 0.15) is 17.3 Å². The normalized spacial score (nSPS) is 15.1. The zero-order chi connectivity index (χ0) is 32.6. The molecule has 0 bridgehead atoms. The van der Waals surface area contributed by atoms with Crippen LogP contribution >= 0.6 is 0 Å². The number of aromatic nitrogens is 4. The van der Waals surface area contributed by atoms with Crippen molar-refractivity contribution in [2.75, 3.05) is 29.9 Å². The van der Waals surface area contributed by atoms with Crippen molar-refractivity contribution in [1.82, 2.24) is 24.4 Å². The SMILES string of the molecule is C=CC(=O)N1CCN(c2nc(=O)n(-c3c(C)ccnc3CC(C)C)c3nc(-c4c(F)cccc4NC(C)=O)c(F)cc23)[C@@H](C)C1. The number of amides is 2. The molecule has 4 aromatic rings. The van der Waals surface area contributed by atoms with Crippen LogP contribution in [0.25, 0.3) is 28.0 Å². The number of carbonyl (C=O) groups is 2. The predicted octanol–water partition coefficient (Wildman–Crippen LogP) is 4.81. The molecule has 0 unspecified atom stereocenters. The average molecular weight is 616 g/mol. The van der Waals surface area contributed by atoms with Crippen molar-refractivity contribution in [2.24, 2.45) is 5.92 Å². The van der Waals surface area contributed by atoms with Crippen molar-refractivity contribution in [3.63, 3.8) is 0 Å². The molecule has 1 aliphatic heterocycles. The van der Waals surface area contributed by atoms with E-state index in [0.29, 0.717) is 37.4 Å². The highest BCUT2D eigenvalue weighted by Crippen LogP contribution is 2.36. The lowest BCUT2D eigenvalue weighted by molar-refractivity contribution is -0.126. The van der Waals surface area contributed by atoms with Gasteiger partial charge in [0.25, 0.3) is 0 Å². The van der Waals surface area contributed by atoms with E-state index in [-0.39, 0.29) is 51.7 Å². The van der Waals surface area contributed by atoms with E-state index in [1.54, 1.807) is 17.2 Å². The van der Waals surface area contributed by atoms with Gasteiger partial charge in [0, 0.05) is 38.8 Å². The Morgan fingerprint density at radius 2 is 1.91 bits per heavy atom. The maximum absolute atomic E-state index is 16.2. The number of pyridine rings is 2. The zero-order valence-corrected chi connectivity index (χ0v) is 25.9. The Hall–Kier alpha value is -5.00. The third kappa shape index (κ3) is 6.04. The highest BCUT2D eigenvalue weighted by molar-refractivity contribution is 5.96. The molecular weight excluding hydrogens is 580 g/mol. The van der Waals surface area contributed by atoms with Crippen molar-refractivity contribution >= 4 is 34.4 Å². The molecule has 10 nitrogen and oxygen atoms in total. The molecule has 0 spiro atoms. The number of hydrogen-bond acceptors (Lipinski definition) is 7. The second-order valence-corrected chi connectivity index (χ2v) is 11.6. The molecule has 0 saturated carbocycles. The maximum atomic E-state index is 16.2. The standard InChI is InChI=1S/C33H35F2N7O3/c1-7-27(44)40-13-14-41(20(5)17-40)31-22-16-24(35)29(28-23(34)9-8-10-25(28)37-21(6)43)38-32(22)42(33(45)39-31)30-19(4)11-12-36-26(30)15-18(2)3/h7-12,16,18,20H,1,13-15,17H2,2-6H3,(H,37,43)/t20-/m0/s1. The van der Waals surface area contributed by atoms with Gasteiger partial charge in [0.05, 0.1) is 28.0 Å². The number of carbonyl (C=O) groups excluding carboxylic acids is 2. The van der Waals surface area contributed by atoms with Crippen LogP contribution in [-0.4, -0.2) is 61.9 Å². The minimum atomic E-state index is -0.870. The average Bonchev–Trinajstić information content (AvgIpc) is 2.97. The monoisotopic (exact) mass is 615 g/mol. The highest BCUT2D eigenvalue weighted by Gasteiger charge is 2.31. The molecule has 1 aromatic carbocycles. The number of benzene rings is 1. The van der Waals surface area contributed by atoms with E-state index < -0.39 is 23.2 Å². The fourth-order valence-corrected chi connectivity index (χ4v) is 5.81. The third-order valence-electron chi connectivity index (χ3n) is 7.78. The molecule has 234 valence electrons. The van der Waals surface area contributed by atoms with E-state index >= 15 is 8.78 Å². The van der Waals surface area contributed by atoms with Crippen LogP contribution in [0.1, 0.15) is 39.0 Å². The molecule has 0 aliphatic carbocycles. The molecule has 1 aliphatic rings. The van der Waals surface area contributed by atoms with E-state index in [1.807, 2.05) is 32.6 Å². The summed E-state index contributed by atoms with van der Waals surface area (Å²) in [5, 5.41) is 2.77. The van der Waals surface area contributed by atoms with Crippen LogP contribution < -0.4 is 15.9 Å². The Morgan fingerprint density at radius 3 is 2.58 bits per heavy atom. The number of fused-ring (bicyclic) bond motifs is 1. The third-order valence-corrected chi connectivity index (χ3v) is 7.78. The molecule has 1 saturated heterocycles. The maximum Gasteiger partial charge on any atom is 0.355 e. The van der Waals surface area contributed by atoms with E-state index in [1.165, 1.54) is 35.8 Å². The molecule has 3 aromatic heterocycles. The van der Waals surface area contributed by atoms with E-state index in [9.17, 15) is 14.4 Å². The van der Waals surface area contributed by atoms with Crippen LogP contribution in [0, 0.1) is 24.5 Å². The van der Waals surface area contributed by atoms with Gasteiger partial charge in [-0.2, -0.15) is 4.98 Å². The summed E-state index contributed by atoms with van der Waals surface area (Å²) in [5.41, 5.74) is 0.607. The number of hydrogen-bond donors (Lipinski definition) is 1. The van der Waals surface area contributed by atoms with Gasteiger partial charge in [0.15, 0.2) is 11.5 Å². The summed E-state index contributed by atoms with van der Waals surface area (Å²) in [7, 11) is 0. The Morgan fingerprint density at radius 1 is 1.16 bits per heavy atom. The van der Waals surface area contributed by atoms with Crippen LogP contribution in [0.4, 0.5) is 20.3 Å². The Kier molecular flexibility index (Phi) is 8.76. The quantitative estimate of drug-likeness (QED) is 0.297. The molecule has 1 N–H and O–H groups in total. The molecule has 45 heavy (non-hydrogen) atoms. The van der Waals surface area contributed by atoms with Gasteiger partial charge in [-0.1, -0.05) is 26.5 Å². The number of aryl methyl sites for hydroxylation is 1. The van der Waals surface area contributed by atoms with Crippen molar-refractivity contribution in [3.8, 4) is 16.9 Å². The van der Waals surface area contributed by atoms with Crippen LogP contribution in [0.5, 0.6) is 0 Å². The smallest absolute Gasteiger partial charge is 0.350 e. The summed E-state index contributed by atoms with van der Waals surface area (Å²) >= 11 is 0. The number of halogens is 2. The molecule has 0 radical (unpaired) electrons. The molecule has 4 heterocycles. The predicted molar refractivity (Wildman–Crippen MR) is 169 cm³/mol. The van der Waals surface area contributed by atoms with Gasteiger partial charge < -0.3 is 15.1 Å². The minimum Gasteiger partial charge on any atom is -0.350 e. The number of piperazine rings is 1. The summed E-state index contributed by atoms with van der Waals surface area (Å²) in [5.74, 6) is -1.96. The molecule has 1 fully saturated rings. The van der Waals surface area contributed by atoms with Crippen LogP contribution in [0.2, 0.25) is 0 Å². The second kappa shape index (κ2) is 12.5. The Labute approximate surface area is 259 Å². The topological polar surface area (TPSA) is 113 Å². The lowest BCUT2D eigenvalue weighted by atomic mass is 10.0. The number of nitrogens with one attached hydrogen (secondary N) is 1. The largest absolute Gasteiger partial charge is 0.355 e. The summed E-state index contributed by atoms with van der Waals surface area (Å²) in [6.45, 7) is 13.6. The fourth-order valence-electron chi connectivity index (χ4n) is 5.81. The number of anilines is 2.